The third-order valence-corrected chi connectivity index (χ3v) is 4.57. The van der Waals surface area contributed by atoms with E-state index in [9.17, 15) is 0 Å². The van der Waals surface area contributed by atoms with Crippen molar-refractivity contribution in [3.8, 4) is 0 Å². The molecule has 0 saturated heterocycles. The SMILES string of the molecule is C/C(=N\Nc1nc2ccccc2s1)c1nccc2ccccc12. The predicted molar refractivity (Wildman–Crippen MR) is 97.2 cm³/mol. The minimum Gasteiger partial charge on any atom is -0.254 e. The third-order valence-electron chi connectivity index (χ3n) is 3.63. The van der Waals surface area contributed by atoms with Crippen molar-refractivity contribution >= 4 is 43.2 Å². The van der Waals surface area contributed by atoms with E-state index in [1.54, 1.807) is 11.3 Å². The van der Waals surface area contributed by atoms with Gasteiger partial charge in [0.2, 0.25) is 5.13 Å². The van der Waals surface area contributed by atoms with Crippen LogP contribution in [0.2, 0.25) is 0 Å². The molecule has 1 N–H and O–H groups in total. The van der Waals surface area contributed by atoms with Crippen LogP contribution < -0.4 is 5.43 Å². The molecule has 0 spiro atoms. The molecule has 0 atom stereocenters. The Hall–Kier alpha value is -2.79. The Labute approximate surface area is 137 Å². The molecule has 0 aliphatic heterocycles. The Bertz CT molecular complexity index is 981. The quantitative estimate of drug-likeness (QED) is 0.441. The fraction of sp³-hybridized carbons (Fsp3) is 0.0556. The molecule has 0 aliphatic carbocycles. The lowest BCUT2D eigenvalue weighted by Gasteiger charge is -2.05. The van der Waals surface area contributed by atoms with Crippen molar-refractivity contribution in [1.29, 1.82) is 0 Å². The van der Waals surface area contributed by atoms with Gasteiger partial charge in [-0.2, -0.15) is 5.10 Å². The predicted octanol–water partition coefficient (Wildman–Crippen LogP) is 4.68. The molecule has 23 heavy (non-hydrogen) atoms. The number of benzene rings is 2. The molecule has 4 rings (SSSR count). The first-order valence-corrected chi connectivity index (χ1v) is 8.13. The molecule has 0 bridgehead atoms. The first-order valence-electron chi connectivity index (χ1n) is 7.31. The van der Waals surface area contributed by atoms with Crippen molar-refractivity contribution in [3.63, 3.8) is 0 Å². The molecule has 0 aliphatic rings. The fourth-order valence-corrected chi connectivity index (χ4v) is 3.32. The van der Waals surface area contributed by atoms with Gasteiger partial charge in [-0.05, 0) is 30.5 Å². The van der Waals surface area contributed by atoms with Gasteiger partial charge in [-0.15, -0.1) is 0 Å². The van der Waals surface area contributed by atoms with E-state index in [1.165, 1.54) is 0 Å². The lowest BCUT2D eigenvalue weighted by atomic mass is 10.1. The summed E-state index contributed by atoms with van der Waals surface area (Å²) in [4.78, 5) is 8.99. The van der Waals surface area contributed by atoms with Gasteiger partial charge in [-0.25, -0.2) is 4.98 Å². The number of aromatic nitrogens is 2. The van der Waals surface area contributed by atoms with Gasteiger partial charge in [0.15, 0.2) is 0 Å². The molecule has 0 radical (unpaired) electrons. The summed E-state index contributed by atoms with van der Waals surface area (Å²) in [5, 5.41) is 7.50. The number of hydrazone groups is 1. The number of fused-ring (bicyclic) bond motifs is 2. The standard InChI is InChI=1S/C18H14N4S/c1-12(17-14-7-3-2-6-13(14)10-11-19-17)21-22-18-20-15-8-4-5-9-16(15)23-18/h2-11H,1H3,(H,20,22)/b21-12+. The first-order chi connectivity index (χ1) is 11.3. The second-order valence-electron chi connectivity index (χ2n) is 5.18. The first kappa shape index (κ1) is 13.8. The summed E-state index contributed by atoms with van der Waals surface area (Å²) < 4.78 is 1.14. The topological polar surface area (TPSA) is 50.2 Å². The number of thiazole rings is 1. The minimum absolute atomic E-state index is 0.783. The van der Waals surface area contributed by atoms with Gasteiger partial charge in [0.05, 0.1) is 21.6 Å². The zero-order chi connectivity index (χ0) is 15.6. The number of hydrogen-bond donors (Lipinski definition) is 1. The van der Waals surface area contributed by atoms with Gasteiger partial charge in [0.25, 0.3) is 0 Å². The molecule has 5 heteroatoms. The fourth-order valence-electron chi connectivity index (χ4n) is 2.51. The maximum atomic E-state index is 4.52. The summed E-state index contributed by atoms with van der Waals surface area (Å²) in [5.74, 6) is 0. The lowest BCUT2D eigenvalue weighted by Crippen LogP contribution is -2.03. The molecule has 0 unspecified atom stereocenters. The normalized spacial score (nSPS) is 12.0. The van der Waals surface area contributed by atoms with Gasteiger partial charge in [-0.1, -0.05) is 47.7 Å². The Balaban J connectivity index is 1.67. The number of anilines is 1. The summed E-state index contributed by atoms with van der Waals surface area (Å²) >= 11 is 1.59. The van der Waals surface area contributed by atoms with E-state index in [4.69, 9.17) is 0 Å². The molecule has 0 fully saturated rings. The van der Waals surface area contributed by atoms with Gasteiger partial charge < -0.3 is 0 Å². The van der Waals surface area contributed by atoms with Crippen LogP contribution in [0.25, 0.3) is 21.0 Å². The summed E-state index contributed by atoms with van der Waals surface area (Å²) in [6.07, 6.45) is 1.81. The molecule has 112 valence electrons. The van der Waals surface area contributed by atoms with E-state index in [0.29, 0.717) is 0 Å². The van der Waals surface area contributed by atoms with Crippen LogP contribution in [0.5, 0.6) is 0 Å². The van der Waals surface area contributed by atoms with E-state index >= 15 is 0 Å². The molecule has 0 saturated carbocycles. The summed E-state index contributed by atoms with van der Waals surface area (Å²) in [6, 6.07) is 18.2. The number of hydrogen-bond acceptors (Lipinski definition) is 5. The van der Waals surface area contributed by atoms with E-state index in [1.807, 2.05) is 49.5 Å². The average molecular weight is 318 g/mol. The zero-order valence-corrected chi connectivity index (χ0v) is 13.3. The zero-order valence-electron chi connectivity index (χ0n) is 12.5. The van der Waals surface area contributed by atoms with Crippen LogP contribution in [0.4, 0.5) is 5.13 Å². The molecular weight excluding hydrogens is 304 g/mol. The monoisotopic (exact) mass is 318 g/mol. The smallest absolute Gasteiger partial charge is 0.204 e. The molecule has 0 amide bonds. The van der Waals surface area contributed by atoms with Crippen LogP contribution in [-0.2, 0) is 0 Å². The van der Waals surface area contributed by atoms with Gasteiger partial charge in [-0.3, -0.25) is 10.4 Å². The average Bonchev–Trinajstić information content (AvgIpc) is 3.02. The van der Waals surface area contributed by atoms with E-state index in [2.05, 4.69) is 38.7 Å². The van der Waals surface area contributed by atoms with Crippen molar-refractivity contribution in [1.82, 2.24) is 9.97 Å². The highest BCUT2D eigenvalue weighted by Crippen LogP contribution is 2.25. The highest BCUT2D eigenvalue weighted by Gasteiger charge is 2.06. The summed E-state index contributed by atoms with van der Waals surface area (Å²) in [5.41, 5.74) is 5.76. The Morgan fingerprint density at radius 3 is 2.78 bits per heavy atom. The number of nitrogens with one attached hydrogen (secondary N) is 1. The van der Waals surface area contributed by atoms with Crippen LogP contribution in [0.1, 0.15) is 12.6 Å². The molecule has 2 aromatic carbocycles. The van der Waals surface area contributed by atoms with Crippen LogP contribution >= 0.6 is 11.3 Å². The number of nitrogens with zero attached hydrogens (tertiary/aromatic N) is 3. The van der Waals surface area contributed by atoms with E-state index in [0.717, 1.165) is 37.5 Å². The lowest BCUT2D eigenvalue weighted by molar-refractivity contribution is 1.26. The summed E-state index contributed by atoms with van der Waals surface area (Å²) in [6.45, 7) is 1.95. The second kappa shape index (κ2) is 5.78. The van der Waals surface area contributed by atoms with Crippen LogP contribution in [-0.4, -0.2) is 15.7 Å². The van der Waals surface area contributed by atoms with Crippen molar-refractivity contribution < 1.29 is 0 Å². The van der Waals surface area contributed by atoms with Crippen molar-refractivity contribution in [3.05, 3.63) is 66.5 Å². The van der Waals surface area contributed by atoms with Crippen molar-refractivity contribution in [2.45, 2.75) is 6.92 Å². The number of pyridine rings is 1. The van der Waals surface area contributed by atoms with Crippen molar-refractivity contribution in [2.24, 2.45) is 5.10 Å². The van der Waals surface area contributed by atoms with Gasteiger partial charge in [0.1, 0.15) is 0 Å². The Morgan fingerprint density at radius 1 is 1.04 bits per heavy atom. The summed E-state index contributed by atoms with van der Waals surface area (Å²) in [7, 11) is 0. The maximum absolute atomic E-state index is 4.52. The maximum Gasteiger partial charge on any atom is 0.204 e. The van der Waals surface area contributed by atoms with Crippen LogP contribution in [0.15, 0.2) is 65.9 Å². The van der Waals surface area contributed by atoms with E-state index < -0.39 is 0 Å². The molecule has 4 aromatic rings. The molecular formula is C18H14N4S. The molecule has 4 nitrogen and oxygen atoms in total. The van der Waals surface area contributed by atoms with Gasteiger partial charge in [0, 0.05) is 11.6 Å². The number of para-hydroxylation sites is 1. The Kier molecular flexibility index (Phi) is 3.48. The van der Waals surface area contributed by atoms with E-state index in [-0.39, 0.29) is 0 Å². The van der Waals surface area contributed by atoms with Crippen molar-refractivity contribution in [2.75, 3.05) is 5.43 Å². The van der Waals surface area contributed by atoms with Crippen LogP contribution in [0, 0.1) is 0 Å². The highest BCUT2D eigenvalue weighted by atomic mass is 32.1. The second-order valence-corrected chi connectivity index (χ2v) is 6.21. The molecule has 2 heterocycles. The highest BCUT2D eigenvalue weighted by molar-refractivity contribution is 7.22. The molecule has 2 aromatic heterocycles. The van der Waals surface area contributed by atoms with Crippen LogP contribution in [0.3, 0.4) is 0 Å². The Morgan fingerprint density at radius 2 is 1.87 bits per heavy atom. The largest absolute Gasteiger partial charge is 0.254 e. The number of rotatable bonds is 3. The third kappa shape index (κ3) is 2.66. The minimum atomic E-state index is 0.783. The van der Waals surface area contributed by atoms with Gasteiger partial charge >= 0.3 is 0 Å².